The summed E-state index contributed by atoms with van der Waals surface area (Å²) in [5.41, 5.74) is 9.15. The molecule has 6 heteroatoms. The van der Waals surface area contributed by atoms with Crippen molar-refractivity contribution < 1.29 is 9.59 Å². The van der Waals surface area contributed by atoms with E-state index in [-0.39, 0.29) is 11.9 Å². The molecule has 0 heterocycles. The van der Waals surface area contributed by atoms with Gasteiger partial charge in [0, 0.05) is 6.04 Å². The maximum absolute atomic E-state index is 11.5. The van der Waals surface area contributed by atoms with E-state index in [1.807, 2.05) is 0 Å². The molecule has 6 nitrogen and oxygen atoms in total. The topological polar surface area (TPSA) is 96.2 Å². The second-order valence-electron chi connectivity index (χ2n) is 4.20. The Balaban J connectivity index is 2.24. The van der Waals surface area contributed by atoms with Gasteiger partial charge in [0.25, 0.3) is 5.91 Å². The summed E-state index contributed by atoms with van der Waals surface area (Å²) >= 11 is 0. The molecule has 0 aliphatic heterocycles. The van der Waals surface area contributed by atoms with Crippen LogP contribution in [0.2, 0.25) is 0 Å². The highest BCUT2D eigenvalue weighted by Gasteiger charge is 2.19. The molecule has 0 saturated heterocycles. The van der Waals surface area contributed by atoms with Crippen LogP contribution in [-0.2, 0) is 4.79 Å². The first-order chi connectivity index (χ1) is 7.59. The highest BCUT2D eigenvalue weighted by atomic mass is 16.2. The van der Waals surface area contributed by atoms with Gasteiger partial charge in [0.15, 0.2) is 0 Å². The maximum Gasteiger partial charge on any atom is 0.330 e. The number of primary amides is 1. The zero-order valence-corrected chi connectivity index (χ0v) is 9.58. The minimum atomic E-state index is -0.766. The highest BCUT2D eigenvalue weighted by Crippen LogP contribution is 2.17. The third kappa shape index (κ3) is 4.48. The standard InChI is InChI=1S/C10H20N4O2/c1-7(9(15)13-14-10(11)16)12-8-5-3-2-4-6-8/h7-8,12H,2-6H2,1H3,(H,13,15)(H3,11,14,16)/t7-/m0/s1. The van der Waals surface area contributed by atoms with Gasteiger partial charge in [-0.3, -0.25) is 10.2 Å². The molecule has 1 aliphatic carbocycles. The number of carbonyl (C=O) groups excluding carboxylic acids is 2. The van der Waals surface area contributed by atoms with Crippen molar-refractivity contribution in [1.82, 2.24) is 16.2 Å². The smallest absolute Gasteiger partial charge is 0.330 e. The fourth-order valence-electron chi connectivity index (χ4n) is 1.93. The second-order valence-corrected chi connectivity index (χ2v) is 4.20. The lowest BCUT2D eigenvalue weighted by Crippen LogP contribution is -2.53. The van der Waals surface area contributed by atoms with Crippen molar-refractivity contribution in [2.24, 2.45) is 5.73 Å². The average Bonchev–Trinajstić information content (AvgIpc) is 2.27. The lowest BCUT2D eigenvalue weighted by molar-refractivity contribution is -0.123. The van der Waals surface area contributed by atoms with E-state index >= 15 is 0 Å². The summed E-state index contributed by atoms with van der Waals surface area (Å²) in [5, 5.41) is 3.24. The maximum atomic E-state index is 11.5. The Morgan fingerprint density at radius 3 is 2.38 bits per heavy atom. The molecule has 0 aromatic rings. The molecule has 0 aromatic heterocycles. The fourth-order valence-corrected chi connectivity index (χ4v) is 1.93. The van der Waals surface area contributed by atoms with Crippen LogP contribution >= 0.6 is 0 Å². The molecule has 16 heavy (non-hydrogen) atoms. The van der Waals surface area contributed by atoms with Crippen molar-refractivity contribution in [2.75, 3.05) is 0 Å². The van der Waals surface area contributed by atoms with Crippen LogP contribution in [0.25, 0.3) is 0 Å². The van der Waals surface area contributed by atoms with Gasteiger partial charge in [0.1, 0.15) is 0 Å². The Hall–Kier alpha value is -1.30. The summed E-state index contributed by atoms with van der Waals surface area (Å²) < 4.78 is 0. The molecule has 0 aromatic carbocycles. The van der Waals surface area contributed by atoms with E-state index in [1.54, 1.807) is 6.92 Å². The normalized spacial score (nSPS) is 18.8. The fraction of sp³-hybridized carbons (Fsp3) is 0.800. The van der Waals surface area contributed by atoms with E-state index in [1.165, 1.54) is 19.3 Å². The van der Waals surface area contributed by atoms with Crippen molar-refractivity contribution in [3.05, 3.63) is 0 Å². The second kappa shape index (κ2) is 6.32. The molecule has 1 fully saturated rings. The molecule has 1 rings (SSSR count). The van der Waals surface area contributed by atoms with Crippen LogP contribution in [0.1, 0.15) is 39.0 Å². The summed E-state index contributed by atoms with van der Waals surface area (Å²) in [6.45, 7) is 1.77. The molecule has 0 unspecified atom stereocenters. The van der Waals surface area contributed by atoms with Gasteiger partial charge in [-0.2, -0.15) is 0 Å². The Labute approximate surface area is 95.3 Å². The SMILES string of the molecule is C[C@H](NC1CCCCC1)C(=O)NNC(N)=O. The van der Waals surface area contributed by atoms with Gasteiger partial charge in [-0.15, -0.1) is 0 Å². The Kier molecular flexibility index (Phi) is 5.04. The number of urea groups is 1. The molecule has 0 spiro atoms. The van der Waals surface area contributed by atoms with Crippen LogP contribution < -0.4 is 21.9 Å². The number of hydrogen-bond donors (Lipinski definition) is 4. The Morgan fingerprint density at radius 1 is 1.19 bits per heavy atom. The van der Waals surface area contributed by atoms with Gasteiger partial charge in [-0.25, -0.2) is 10.2 Å². The third-order valence-electron chi connectivity index (χ3n) is 2.79. The van der Waals surface area contributed by atoms with Crippen LogP contribution in [0.15, 0.2) is 0 Å². The molecule has 3 amide bonds. The molecular formula is C10H20N4O2. The van der Waals surface area contributed by atoms with E-state index < -0.39 is 6.03 Å². The third-order valence-corrected chi connectivity index (χ3v) is 2.79. The number of nitrogens with two attached hydrogens (primary N) is 1. The van der Waals surface area contributed by atoms with Crippen molar-refractivity contribution in [1.29, 1.82) is 0 Å². The van der Waals surface area contributed by atoms with E-state index in [0.29, 0.717) is 6.04 Å². The van der Waals surface area contributed by atoms with Crippen LogP contribution in [-0.4, -0.2) is 24.0 Å². The first-order valence-corrected chi connectivity index (χ1v) is 5.71. The van der Waals surface area contributed by atoms with Crippen molar-refractivity contribution in [3.63, 3.8) is 0 Å². The number of rotatable bonds is 3. The number of hydrazine groups is 1. The first-order valence-electron chi connectivity index (χ1n) is 5.71. The largest absolute Gasteiger partial charge is 0.350 e. The van der Waals surface area contributed by atoms with E-state index in [9.17, 15) is 9.59 Å². The molecule has 92 valence electrons. The van der Waals surface area contributed by atoms with Crippen molar-refractivity contribution >= 4 is 11.9 Å². The van der Waals surface area contributed by atoms with Crippen molar-refractivity contribution in [3.8, 4) is 0 Å². The van der Waals surface area contributed by atoms with E-state index in [0.717, 1.165) is 12.8 Å². The van der Waals surface area contributed by atoms with Gasteiger partial charge < -0.3 is 11.1 Å². The quantitative estimate of drug-likeness (QED) is 0.512. The zero-order chi connectivity index (χ0) is 12.0. The molecule has 1 atom stereocenters. The molecule has 5 N–H and O–H groups in total. The summed E-state index contributed by atoms with van der Waals surface area (Å²) in [5.74, 6) is -0.274. The molecule has 1 aliphatic rings. The molecule has 0 radical (unpaired) electrons. The van der Waals surface area contributed by atoms with E-state index in [2.05, 4.69) is 16.2 Å². The summed E-state index contributed by atoms with van der Waals surface area (Å²) in [6, 6.07) is -0.684. The number of nitrogens with one attached hydrogen (secondary N) is 3. The minimum absolute atomic E-state index is 0.274. The van der Waals surface area contributed by atoms with E-state index in [4.69, 9.17) is 5.73 Å². The van der Waals surface area contributed by atoms with Crippen molar-refractivity contribution in [2.45, 2.75) is 51.1 Å². The van der Waals surface area contributed by atoms with Crippen LogP contribution in [0.3, 0.4) is 0 Å². The molecule has 1 saturated carbocycles. The minimum Gasteiger partial charge on any atom is -0.350 e. The molecular weight excluding hydrogens is 208 g/mol. The van der Waals surface area contributed by atoms with Gasteiger partial charge >= 0.3 is 6.03 Å². The van der Waals surface area contributed by atoms with Crippen LogP contribution in [0.4, 0.5) is 4.79 Å². The van der Waals surface area contributed by atoms with Crippen LogP contribution in [0, 0.1) is 0 Å². The van der Waals surface area contributed by atoms with Gasteiger partial charge in [0.2, 0.25) is 0 Å². The average molecular weight is 228 g/mol. The highest BCUT2D eigenvalue weighted by molar-refractivity contribution is 5.83. The number of carbonyl (C=O) groups is 2. The lowest BCUT2D eigenvalue weighted by atomic mass is 9.95. The summed E-state index contributed by atoms with van der Waals surface area (Å²) in [4.78, 5) is 21.9. The molecule has 0 bridgehead atoms. The Bertz CT molecular complexity index is 251. The summed E-state index contributed by atoms with van der Waals surface area (Å²) in [7, 11) is 0. The predicted molar refractivity (Wildman–Crippen MR) is 60.3 cm³/mol. The Morgan fingerprint density at radius 2 is 1.81 bits per heavy atom. The van der Waals surface area contributed by atoms with Gasteiger partial charge in [-0.05, 0) is 19.8 Å². The number of hydrogen-bond acceptors (Lipinski definition) is 3. The zero-order valence-electron chi connectivity index (χ0n) is 9.58. The van der Waals surface area contributed by atoms with Crippen LogP contribution in [0.5, 0.6) is 0 Å². The van der Waals surface area contributed by atoms with Gasteiger partial charge in [0.05, 0.1) is 6.04 Å². The monoisotopic (exact) mass is 228 g/mol. The lowest BCUT2D eigenvalue weighted by Gasteiger charge is -2.26. The van der Waals surface area contributed by atoms with Gasteiger partial charge in [-0.1, -0.05) is 19.3 Å². The number of amides is 3. The summed E-state index contributed by atoms with van der Waals surface area (Å²) in [6.07, 6.45) is 5.93. The predicted octanol–water partition coefficient (Wildman–Crippen LogP) is -0.00330. The first kappa shape index (κ1) is 12.8.